The second-order valence-electron chi connectivity index (χ2n) is 5.99. The Morgan fingerprint density at radius 2 is 1.96 bits per heavy atom. The van der Waals surface area contributed by atoms with E-state index in [1.807, 2.05) is 6.92 Å². The fourth-order valence-corrected chi connectivity index (χ4v) is 2.86. The summed E-state index contributed by atoms with van der Waals surface area (Å²) in [5.74, 6) is 0.942. The molecule has 0 atom stereocenters. The Hall–Kier alpha value is -2.93. The van der Waals surface area contributed by atoms with Crippen LogP contribution in [-0.4, -0.2) is 32.3 Å². The van der Waals surface area contributed by atoms with Gasteiger partial charge >= 0.3 is 0 Å². The topological polar surface area (TPSA) is 77.1 Å². The molecule has 2 aromatic carbocycles. The lowest BCUT2D eigenvalue weighted by Gasteiger charge is -2.23. The molecule has 0 saturated carbocycles. The molecule has 0 spiro atoms. The molecular formula is C19H19ClN2O5. The number of nitrogens with one attached hydrogen (secondary N) is 1. The molecule has 0 saturated heterocycles. The highest BCUT2D eigenvalue weighted by Crippen LogP contribution is 2.35. The molecule has 0 aromatic heterocycles. The average molecular weight is 391 g/mol. The number of hydrogen-bond acceptors (Lipinski definition) is 5. The van der Waals surface area contributed by atoms with E-state index in [9.17, 15) is 9.59 Å². The Morgan fingerprint density at radius 1 is 1.22 bits per heavy atom. The fourth-order valence-electron chi connectivity index (χ4n) is 2.71. The summed E-state index contributed by atoms with van der Waals surface area (Å²) in [5.41, 5.74) is 1.80. The van der Waals surface area contributed by atoms with E-state index in [1.165, 1.54) is 18.9 Å². The van der Waals surface area contributed by atoms with Gasteiger partial charge in [-0.2, -0.15) is 0 Å². The minimum absolute atomic E-state index is 0.153. The van der Waals surface area contributed by atoms with Gasteiger partial charge in [0.1, 0.15) is 12.3 Å². The van der Waals surface area contributed by atoms with E-state index in [4.69, 9.17) is 25.8 Å². The number of hydrogen-bond donors (Lipinski definition) is 1. The quantitative estimate of drug-likeness (QED) is 0.846. The maximum absolute atomic E-state index is 12.5. The number of amides is 2. The first-order valence-electron chi connectivity index (χ1n) is 8.20. The number of benzene rings is 2. The van der Waals surface area contributed by atoms with Crippen molar-refractivity contribution in [1.82, 2.24) is 0 Å². The van der Waals surface area contributed by atoms with Gasteiger partial charge in [-0.05, 0) is 30.7 Å². The van der Waals surface area contributed by atoms with Crippen molar-refractivity contribution in [2.24, 2.45) is 0 Å². The molecule has 1 aliphatic heterocycles. The number of fused-ring (bicyclic) bond motifs is 1. The van der Waals surface area contributed by atoms with Gasteiger partial charge in [-0.1, -0.05) is 11.6 Å². The normalized spacial score (nSPS) is 11.9. The highest BCUT2D eigenvalue weighted by Gasteiger charge is 2.21. The maximum atomic E-state index is 12.5. The summed E-state index contributed by atoms with van der Waals surface area (Å²) in [4.78, 5) is 26.0. The van der Waals surface area contributed by atoms with Crippen LogP contribution in [0.1, 0.15) is 12.5 Å². The molecule has 0 radical (unpaired) electrons. The van der Waals surface area contributed by atoms with Gasteiger partial charge in [0.25, 0.3) is 0 Å². The zero-order valence-electron chi connectivity index (χ0n) is 15.2. The van der Waals surface area contributed by atoms with E-state index in [2.05, 4.69) is 5.32 Å². The number of carbonyl (C=O) groups excluding carboxylic acids is 2. The number of nitrogens with zero attached hydrogens (tertiary/aromatic N) is 1. The first-order chi connectivity index (χ1) is 12.9. The van der Waals surface area contributed by atoms with Crippen molar-refractivity contribution in [3.05, 3.63) is 40.9 Å². The molecule has 2 aromatic rings. The lowest BCUT2D eigenvalue weighted by molar-refractivity contribution is -0.120. The molecule has 1 aliphatic rings. The molecule has 0 unspecified atom stereocenters. The van der Waals surface area contributed by atoms with Crippen LogP contribution in [0.15, 0.2) is 30.3 Å². The van der Waals surface area contributed by atoms with E-state index in [1.54, 1.807) is 30.3 Å². The van der Waals surface area contributed by atoms with Crippen LogP contribution >= 0.6 is 11.6 Å². The van der Waals surface area contributed by atoms with Crippen LogP contribution in [0.2, 0.25) is 5.02 Å². The third-order valence-electron chi connectivity index (χ3n) is 4.09. The van der Waals surface area contributed by atoms with E-state index < -0.39 is 0 Å². The van der Waals surface area contributed by atoms with Crippen molar-refractivity contribution in [1.29, 1.82) is 0 Å². The van der Waals surface area contributed by atoms with Gasteiger partial charge in [0.15, 0.2) is 11.5 Å². The lowest BCUT2D eigenvalue weighted by atomic mass is 10.1. The van der Waals surface area contributed by atoms with Crippen molar-refractivity contribution >= 4 is 34.8 Å². The molecule has 0 fully saturated rings. The summed E-state index contributed by atoms with van der Waals surface area (Å²) in [7, 11) is 1.48. The zero-order chi connectivity index (χ0) is 19.6. The van der Waals surface area contributed by atoms with Crippen LogP contribution in [0.3, 0.4) is 0 Å². The van der Waals surface area contributed by atoms with Crippen LogP contribution in [0.5, 0.6) is 17.2 Å². The van der Waals surface area contributed by atoms with Crippen molar-refractivity contribution in [3.8, 4) is 17.2 Å². The largest absolute Gasteiger partial charge is 0.495 e. The van der Waals surface area contributed by atoms with E-state index in [0.29, 0.717) is 33.6 Å². The molecule has 3 rings (SSSR count). The monoisotopic (exact) mass is 390 g/mol. The first-order valence-corrected chi connectivity index (χ1v) is 8.58. The van der Waals surface area contributed by atoms with Gasteiger partial charge in [0, 0.05) is 29.8 Å². The van der Waals surface area contributed by atoms with Gasteiger partial charge in [0.05, 0.1) is 12.8 Å². The molecular weight excluding hydrogens is 372 g/mol. The number of aryl methyl sites for hydroxylation is 1. The molecule has 7 nitrogen and oxygen atoms in total. The number of methoxy groups -OCH3 is 1. The minimum atomic E-state index is -0.362. The fraction of sp³-hybridized carbons (Fsp3) is 0.263. The van der Waals surface area contributed by atoms with Crippen molar-refractivity contribution in [2.75, 3.05) is 30.7 Å². The summed E-state index contributed by atoms with van der Waals surface area (Å²) in [6, 6.07) is 8.43. The predicted molar refractivity (Wildman–Crippen MR) is 102 cm³/mol. The Kier molecular flexibility index (Phi) is 5.41. The van der Waals surface area contributed by atoms with Gasteiger partial charge in [-0.3, -0.25) is 14.5 Å². The maximum Gasteiger partial charge on any atom is 0.244 e. The highest BCUT2D eigenvalue weighted by atomic mass is 35.5. The Labute approximate surface area is 161 Å². The third-order valence-corrected chi connectivity index (χ3v) is 4.50. The standard InChI is InChI=1S/C19H19ClN2O5/c1-11-6-15(17(25-3)8-14(11)20)22(12(2)23)9-19(24)21-13-4-5-16-18(7-13)27-10-26-16/h4-8H,9-10H2,1-3H3,(H,21,24). The van der Waals surface area contributed by atoms with E-state index in [0.717, 1.165) is 5.56 Å². The number of ether oxygens (including phenoxy) is 3. The van der Waals surface area contributed by atoms with Crippen molar-refractivity contribution < 1.29 is 23.8 Å². The average Bonchev–Trinajstić information content (AvgIpc) is 3.09. The summed E-state index contributed by atoms with van der Waals surface area (Å²) in [6.07, 6.45) is 0. The van der Waals surface area contributed by atoms with E-state index >= 15 is 0 Å². The van der Waals surface area contributed by atoms with Crippen LogP contribution in [0.4, 0.5) is 11.4 Å². The molecule has 27 heavy (non-hydrogen) atoms. The van der Waals surface area contributed by atoms with Crippen LogP contribution in [0.25, 0.3) is 0 Å². The van der Waals surface area contributed by atoms with Crippen LogP contribution < -0.4 is 24.4 Å². The summed E-state index contributed by atoms with van der Waals surface area (Å²) < 4.78 is 15.9. The molecule has 142 valence electrons. The number of carbonyl (C=O) groups is 2. The van der Waals surface area contributed by atoms with Crippen molar-refractivity contribution in [2.45, 2.75) is 13.8 Å². The summed E-state index contributed by atoms with van der Waals surface area (Å²) in [6.45, 7) is 3.18. The van der Waals surface area contributed by atoms with Gasteiger partial charge < -0.3 is 19.5 Å². The lowest BCUT2D eigenvalue weighted by Crippen LogP contribution is -2.37. The SMILES string of the molecule is COc1cc(Cl)c(C)cc1N(CC(=O)Nc1ccc2c(c1)OCO2)C(C)=O. The molecule has 0 aliphatic carbocycles. The number of anilines is 2. The summed E-state index contributed by atoms with van der Waals surface area (Å²) >= 11 is 6.12. The van der Waals surface area contributed by atoms with Gasteiger partial charge in [-0.25, -0.2) is 0 Å². The molecule has 1 N–H and O–H groups in total. The highest BCUT2D eigenvalue weighted by molar-refractivity contribution is 6.31. The van der Waals surface area contributed by atoms with Gasteiger partial charge in [-0.15, -0.1) is 0 Å². The van der Waals surface area contributed by atoms with E-state index in [-0.39, 0.29) is 25.2 Å². The Bertz CT molecular complexity index is 900. The minimum Gasteiger partial charge on any atom is -0.495 e. The molecule has 1 heterocycles. The Balaban J connectivity index is 1.79. The first kappa shape index (κ1) is 18.8. The Morgan fingerprint density at radius 3 is 2.67 bits per heavy atom. The molecule has 2 amide bonds. The number of halogens is 1. The smallest absolute Gasteiger partial charge is 0.244 e. The van der Waals surface area contributed by atoms with Gasteiger partial charge in [0.2, 0.25) is 18.6 Å². The summed E-state index contributed by atoms with van der Waals surface area (Å²) in [5, 5.41) is 3.27. The molecule has 8 heteroatoms. The second kappa shape index (κ2) is 7.75. The van der Waals surface area contributed by atoms with Crippen molar-refractivity contribution in [3.63, 3.8) is 0 Å². The second-order valence-corrected chi connectivity index (χ2v) is 6.40. The van der Waals surface area contributed by atoms with Crippen LogP contribution in [-0.2, 0) is 9.59 Å². The molecule has 0 bridgehead atoms. The van der Waals surface area contributed by atoms with Crippen LogP contribution in [0, 0.1) is 6.92 Å². The predicted octanol–water partition coefficient (Wildman–Crippen LogP) is 3.38. The number of rotatable bonds is 5. The third kappa shape index (κ3) is 4.09. The zero-order valence-corrected chi connectivity index (χ0v) is 15.9.